The number of nitrogens with zero attached hydrogens (tertiary/aromatic N) is 1. The highest BCUT2D eigenvalue weighted by molar-refractivity contribution is 6.31. The summed E-state index contributed by atoms with van der Waals surface area (Å²) in [5, 5.41) is 5.45. The largest absolute Gasteiger partial charge is 0.487 e. The summed E-state index contributed by atoms with van der Waals surface area (Å²) in [7, 11) is 1.70. The number of fused-ring (bicyclic) bond motifs is 1. The van der Waals surface area contributed by atoms with E-state index in [0.717, 1.165) is 11.1 Å². The number of ether oxygens (including phenoxy) is 1. The smallest absolute Gasteiger partial charge is 0.261 e. The fourth-order valence-electron chi connectivity index (χ4n) is 4.41. The molecule has 208 valence electrons. The van der Waals surface area contributed by atoms with Gasteiger partial charge in [-0.15, -0.1) is 0 Å². The Bertz CT molecular complexity index is 1620. The van der Waals surface area contributed by atoms with Gasteiger partial charge in [-0.2, -0.15) is 0 Å². The van der Waals surface area contributed by atoms with Crippen molar-refractivity contribution >= 4 is 62.9 Å². The predicted molar refractivity (Wildman–Crippen MR) is 166 cm³/mol. The molecule has 0 saturated carbocycles. The Kier molecular flexibility index (Phi) is 8.62. The molecule has 3 N–H and O–H groups in total. The number of hydrogen-bond acceptors (Lipinski definition) is 4. The highest BCUT2D eigenvalue weighted by Gasteiger charge is 2.25. The van der Waals surface area contributed by atoms with Crippen molar-refractivity contribution in [3.05, 3.63) is 93.0 Å². The Morgan fingerprint density at radius 1 is 0.900 bits per heavy atom. The second-order valence-electron chi connectivity index (χ2n) is 10.4. The van der Waals surface area contributed by atoms with Crippen molar-refractivity contribution in [3.63, 3.8) is 0 Å². The van der Waals surface area contributed by atoms with Crippen molar-refractivity contribution in [2.24, 2.45) is 5.92 Å². The van der Waals surface area contributed by atoms with E-state index in [1.807, 2.05) is 34.6 Å². The number of anilines is 3. The molecule has 4 aromatic rings. The van der Waals surface area contributed by atoms with Crippen LogP contribution in [0, 0.1) is 19.8 Å². The van der Waals surface area contributed by atoms with Gasteiger partial charge in [-0.05, 0) is 97.8 Å². The van der Waals surface area contributed by atoms with E-state index in [9.17, 15) is 9.59 Å². The van der Waals surface area contributed by atoms with Crippen molar-refractivity contribution in [1.29, 1.82) is 0 Å². The fraction of sp³-hybridized carbons (Fsp3) is 0.250. The summed E-state index contributed by atoms with van der Waals surface area (Å²) >= 11 is 12.2. The molecule has 0 aliphatic rings. The summed E-state index contributed by atoms with van der Waals surface area (Å²) < 4.78 is 6.30. The number of rotatable bonds is 7. The monoisotopic (exact) mass is 577 g/mol. The molecule has 0 aliphatic heterocycles. The Morgan fingerprint density at radius 2 is 1.55 bits per heavy atom. The first kappa shape index (κ1) is 29.2. The lowest BCUT2D eigenvalue weighted by atomic mass is 9.99. The van der Waals surface area contributed by atoms with Crippen LogP contribution in [0.3, 0.4) is 0 Å². The van der Waals surface area contributed by atoms with Crippen molar-refractivity contribution < 1.29 is 14.3 Å². The molecule has 2 amide bonds. The van der Waals surface area contributed by atoms with E-state index in [4.69, 9.17) is 33.7 Å². The van der Waals surface area contributed by atoms with Gasteiger partial charge in [0.1, 0.15) is 0 Å². The molecule has 4 rings (SSSR count). The molecule has 0 aliphatic carbocycles. The molecular weight excluding hydrogens is 545 g/mol. The molecule has 8 heteroatoms. The number of nitrogens with one attached hydrogen (secondary N) is 1. The molecule has 0 saturated heterocycles. The summed E-state index contributed by atoms with van der Waals surface area (Å²) in [5.41, 5.74) is 10.8. The van der Waals surface area contributed by atoms with Gasteiger partial charge in [0.15, 0.2) is 5.75 Å². The highest BCUT2D eigenvalue weighted by atomic mass is 35.5. The molecule has 0 spiro atoms. The van der Waals surface area contributed by atoms with E-state index < -0.39 is 0 Å². The third kappa shape index (κ3) is 6.03. The van der Waals surface area contributed by atoms with Crippen LogP contribution in [0.2, 0.25) is 10.0 Å². The molecule has 0 heterocycles. The number of halogens is 2. The van der Waals surface area contributed by atoms with Crippen LogP contribution >= 0.6 is 23.2 Å². The standard InChI is InChI=1S/C32H33Cl2N3O3/c1-17(2)20(5)40-30-26(32(39)37(6)28-12-9-24(34)14-19(28)4)16-22-15-21(7-10-25(22)29(30)35)31(38)36-27-11-8-23(33)13-18(27)3/h7-17,20H,35H2,1-6H3,(H,36,38). The average molecular weight is 579 g/mol. The minimum absolute atomic E-state index is 0.191. The van der Waals surface area contributed by atoms with Gasteiger partial charge in [0, 0.05) is 39.4 Å². The van der Waals surface area contributed by atoms with E-state index in [1.165, 1.54) is 0 Å². The zero-order chi connectivity index (χ0) is 29.3. The number of aryl methyl sites for hydroxylation is 2. The van der Waals surface area contributed by atoms with E-state index in [1.54, 1.807) is 72.6 Å². The second-order valence-corrected chi connectivity index (χ2v) is 11.3. The number of nitrogen functional groups attached to an aromatic ring is 1. The first-order chi connectivity index (χ1) is 18.9. The predicted octanol–water partition coefficient (Wildman–Crippen LogP) is 8.30. The summed E-state index contributed by atoms with van der Waals surface area (Å²) in [6.45, 7) is 9.80. The van der Waals surface area contributed by atoms with Gasteiger partial charge in [0.2, 0.25) is 0 Å². The fourth-order valence-corrected chi connectivity index (χ4v) is 4.87. The van der Waals surface area contributed by atoms with Crippen LogP contribution in [-0.2, 0) is 0 Å². The van der Waals surface area contributed by atoms with Gasteiger partial charge in [0.05, 0.1) is 17.4 Å². The summed E-state index contributed by atoms with van der Waals surface area (Å²) in [6, 6.07) is 17.6. The van der Waals surface area contributed by atoms with Crippen LogP contribution in [-0.4, -0.2) is 25.0 Å². The molecule has 40 heavy (non-hydrogen) atoms. The van der Waals surface area contributed by atoms with Crippen molar-refractivity contribution in [2.75, 3.05) is 23.0 Å². The number of amides is 2. The first-order valence-electron chi connectivity index (χ1n) is 13.0. The third-order valence-corrected chi connectivity index (χ3v) is 7.60. The number of nitrogens with two attached hydrogens (primary N) is 1. The number of benzene rings is 4. The molecule has 0 aromatic heterocycles. The van der Waals surface area contributed by atoms with Crippen molar-refractivity contribution in [3.8, 4) is 5.75 Å². The maximum Gasteiger partial charge on any atom is 0.261 e. The molecule has 6 nitrogen and oxygen atoms in total. The van der Waals surface area contributed by atoms with Gasteiger partial charge in [-0.3, -0.25) is 9.59 Å². The second kappa shape index (κ2) is 11.8. The lowest BCUT2D eigenvalue weighted by Gasteiger charge is -2.25. The highest BCUT2D eigenvalue weighted by Crippen LogP contribution is 2.38. The van der Waals surface area contributed by atoms with Gasteiger partial charge >= 0.3 is 0 Å². The van der Waals surface area contributed by atoms with Crippen LogP contribution in [0.15, 0.2) is 60.7 Å². The summed E-state index contributed by atoms with van der Waals surface area (Å²) in [6.07, 6.45) is -0.193. The summed E-state index contributed by atoms with van der Waals surface area (Å²) in [5.74, 6) is -0.0686. The molecule has 1 unspecified atom stereocenters. The molecular formula is C32H33Cl2N3O3. The molecule has 0 bridgehead atoms. The van der Waals surface area contributed by atoms with Gasteiger partial charge < -0.3 is 20.7 Å². The Hall–Kier alpha value is -3.74. The van der Waals surface area contributed by atoms with Crippen LogP contribution < -0.4 is 20.7 Å². The van der Waals surface area contributed by atoms with Crippen molar-refractivity contribution in [1.82, 2.24) is 0 Å². The van der Waals surface area contributed by atoms with Crippen molar-refractivity contribution in [2.45, 2.75) is 40.7 Å². The third-order valence-electron chi connectivity index (χ3n) is 7.13. The summed E-state index contributed by atoms with van der Waals surface area (Å²) in [4.78, 5) is 28.7. The van der Waals surface area contributed by atoms with Crippen LogP contribution in [0.5, 0.6) is 5.75 Å². The normalized spacial score (nSPS) is 11.9. The van der Waals surface area contributed by atoms with Crippen LogP contribution in [0.4, 0.5) is 17.1 Å². The molecule has 1 atom stereocenters. The zero-order valence-corrected chi connectivity index (χ0v) is 24.9. The van der Waals surface area contributed by atoms with E-state index in [2.05, 4.69) is 5.32 Å². The Balaban J connectivity index is 1.80. The lowest BCUT2D eigenvalue weighted by Crippen LogP contribution is -2.29. The SMILES string of the molecule is Cc1cc(Cl)ccc1NC(=O)c1ccc2c(N)c(OC(C)C(C)C)c(C(=O)N(C)c3ccc(Cl)cc3C)cc2c1. The molecule has 0 fully saturated rings. The van der Waals surface area contributed by atoms with Gasteiger partial charge in [0.25, 0.3) is 11.8 Å². The maximum atomic E-state index is 13.9. The topological polar surface area (TPSA) is 84.7 Å². The molecule has 0 radical (unpaired) electrons. The maximum absolute atomic E-state index is 13.9. The number of carbonyl (C=O) groups excluding carboxylic acids is 2. The van der Waals surface area contributed by atoms with E-state index in [0.29, 0.717) is 54.8 Å². The first-order valence-corrected chi connectivity index (χ1v) is 13.8. The van der Waals surface area contributed by atoms with E-state index >= 15 is 0 Å². The minimum Gasteiger partial charge on any atom is -0.487 e. The number of hydrogen-bond donors (Lipinski definition) is 2. The number of carbonyl (C=O) groups is 2. The van der Waals surface area contributed by atoms with Crippen LogP contribution in [0.1, 0.15) is 52.6 Å². The zero-order valence-electron chi connectivity index (χ0n) is 23.4. The van der Waals surface area contributed by atoms with E-state index in [-0.39, 0.29) is 23.8 Å². The van der Waals surface area contributed by atoms with Gasteiger partial charge in [-0.1, -0.05) is 43.1 Å². The minimum atomic E-state index is -0.295. The Labute approximate surface area is 245 Å². The molecule has 4 aromatic carbocycles. The van der Waals surface area contributed by atoms with Crippen LogP contribution in [0.25, 0.3) is 10.8 Å². The van der Waals surface area contributed by atoms with Gasteiger partial charge in [-0.25, -0.2) is 0 Å². The average Bonchev–Trinajstić information content (AvgIpc) is 2.90. The Morgan fingerprint density at radius 3 is 2.17 bits per heavy atom. The lowest BCUT2D eigenvalue weighted by molar-refractivity contribution is 0.0981. The quantitative estimate of drug-likeness (QED) is 0.216.